The number of carbonyl (C=O) groups is 1. The lowest BCUT2D eigenvalue weighted by molar-refractivity contribution is 0.103. The summed E-state index contributed by atoms with van der Waals surface area (Å²) >= 11 is 9.45. The van der Waals surface area contributed by atoms with E-state index in [4.69, 9.17) is 17.3 Å². The summed E-state index contributed by atoms with van der Waals surface area (Å²) in [6.45, 7) is 0. The summed E-state index contributed by atoms with van der Waals surface area (Å²) in [7, 11) is 0. The molecule has 3 nitrogen and oxygen atoms in total. The second kappa shape index (κ2) is 5.68. The second-order valence-corrected chi connectivity index (χ2v) is 7.20. The van der Waals surface area contributed by atoms with Crippen LogP contribution in [0.25, 0.3) is 0 Å². The van der Waals surface area contributed by atoms with E-state index in [9.17, 15) is 4.79 Å². The third-order valence-corrected chi connectivity index (χ3v) is 5.68. The Balaban J connectivity index is 1.78. The molecule has 1 aromatic heterocycles. The van der Waals surface area contributed by atoms with Crippen molar-refractivity contribution in [1.29, 1.82) is 0 Å². The monoisotopic (exact) mass is 324 g/mol. The lowest BCUT2D eigenvalue weighted by Gasteiger charge is -2.08. The first kappa shape index (κ1) is 13.8. The fraction of sp³-hybridized carbons (Fsp3) is 0.214. The van der Waals surface area contributed by atoms with Crippen LogP contribution >= 0.6 is 34.7 Å². The number of benzene rings is 1. The van der Waals surface area contributed by atoms with Crippen LogP contribution in [-0.4, -0.2) is 11.7 Å². The number of nitrogen functional groups attached to an aromatic ring is 1. The number of rotatable bonds is 2. The number of hydrogen-bond donors (Lipinski definition) is 2. The minimum atomic E-state index is -0.0877. The van der Waals surface area contributed by atoms with Crippen molar-refractivity contribution in [3.63, 3.8) is 0 Å². The first-order chi connectivity index (χ1) is 9.63. The fourth-order valence-electron chi connectivity index (χ4n) is 2.06. The Labute approximate surface area is 130 Å². The molecule has 0 aliphatic carbocycles. The molecule has 6 heteroatoms. The quantitative estimate of drug-likeness (QED) is 0.820. The highest BCUT2D eigenvalue weighted by atomic mass is 35.5. The second-order valence-electron chi connectivity index (χ2n) is 4.55. The number of nitrogens with one attached hydrogen (secondary N) is 1. The number of thiophene rings is 1. The number of halogens is 1. The number of hydrogen-bond acceptors (Lipinski definition) is 4. The molecule has 1 aliphatic rings. The molecular formula is C14H13ClN2OS2. The van der Waals surface area contributed by atoms with Gasteiger partial charge in [-0.3, -0.25) is 4.79 Å². The molecule has 0 fully saturated rings. The summed E-state index contributed by atoms with van der Waals surface area (Å²) in [5, 5.41) is 3.31. The molecule has 0 saturated carbocycles. The molecule has 0 spiro atoms. The third-order valence-electron chi connectivity index (χ3n) is 3.11. The van der Waals surface area contributed by atoms with Crippen LogP contribution in [0.15, 0.2) is 24.3 Å². The molecule has 0 atom stereocenters. The van der Waals surface area contributed by atoms with Gasteiger partial charge < -0.3 is 11.1 Å². The van der Waals surface area contributed by atoms with E-state index in [0.717, 1.165) is 22.8 Å². The zero-order chi connectivity index (χ0) is 14.1. The maximum Gasteiger partial charge on any atom is 0.265 e. The molecular weight excluding hydrogens is 312 g/mol. The highest BCUT2D eigenvalue weighted by Crippen LogP contribution is 2.32. The number of nitrogens with two attached hydrogens (primary N) is 1. The predicted molar refractivity (Wildman–Crippen MR) is 88.0 cm³/mol. The molecule has 0 saturated heterocycles. The summed E-state index contributed by atoms with van der Waals surface area (Å²) in [5.74, 6) is 2.06. The predicted octanol–water partition coefficient (Wildman–Crippen LogP) is 4.03. The number of amides is 1. The molecule has 3 N–H and O–H groups in total. The van der Waals surface area contributed by atoms with Crippen LogP contribution in [0.1, 0.15) is 20.1 Å². The maximum absolute atomic E-state index is 12.2. The van der Waals surface area contributed by atoms with E-state index in [1.807, 2.05) is 17.8 Å². The minimum absolute atomic E-state index is 0.0877. The van der Waals surface area contributed by atoms with Crippen molar-refractivity contribution in [2.45, 2.75) is 12.2 Å². The van der Waals surface area contributed by atoms with Crippen molar-refractivity contribution in [2.24, 2.45) is 0 Å². The number of aryl methyl sites for hydroxylation is 1. The van der Waals surface area contributed by atoms with Crippen molar-refractivity contribution < 1.29 is 4.79 Å². The van der Waals surface area contributed by atoms with E-state index < -0.39 is 0 Å². The summed E-state index contributed by atoms with van der Waals surface area (Å²) in [5.41, 5.74) is 8.12. The van der Waals surface area contributed by atoms with Gasteiger partial charge in [0, 0.05) is 16.3 Å². The Morgan fingerprint density at radius 3 is 2.95 bits per heavy atom. The topological polar surface area (TPSA) is 55.1 Å². The summed E-state index contributed by atoms with van der Waals surface area (Å²) in [4.78, 5) is 14.3. The molecule has 1 aliphatic heterocycles. The van der Waals surface area contributed by atoms with Gasteiger partial charge in [-0.1, -0.05) is 11.6 Å². The lowest BCUT2D eigenvalue weighted by atomic mass is 10.2. The number of anilines is 2. The molecule has 104 valence electrons. The standard InChI is InChI=1S/C14H13ClN2OS2/c15-10-6-9(1-2-11(10)16)17-14(18)13-5-8-7-19-4-3-12(8)20-13/h1-2,5-6H,3-4,7,16H2,(H,17,18). The molecule has 1 aromatic carbocycles. The van der Waals surface area contributed by atoms with Crippen molar-refractivity contribution in [2.75, 3.05) is 16.8 Å². The average molecular weight is 325 g/mol. The normalized spacial score (nSPS) is 13.8. The van der Waals surface area contributed by atoms with Crippen LogP contribution < -0.4 is 11.1 Å². The van der Waals surface area contributed by atoms with Gasteiger partial charge in [-0.15, -0.1) is 11.3 Å². The molecule has 0 radical (unpaired) electrons. The van der Waals surface area contributed by atoms with Gasteiger partial charge in [-0.2, -0.15) is 11.8 Å². The molecule has 0 bridgehead atoms. The zero-order valence-corrected chi connectivity index (χ0v) is 13.0. The fourth-order valence-corrected chi connectivity index (χ4v) is 4.50. The van der Waals surface area contributed by atoms with Gasteiger partial charge in [-0.05, 0) is 42.0 Å². The Kier molecular flexibility index (Phi) is 3.92. The van der Waals surface area contributed by atoms with Crippen LogP contribution in [-0.2, 0) is 12.2 Å². The Morgan fingerprint density at radius 1 is 1.35 bits per heavy atom. The lowest BCUT2D eigenvalue weighted by Crippen LogP contribution is -2.10. The zero-order valence-electron chi connectivity index (χ0n) is 10.6. The van der Waals surface area contributed by atoms with Gasteiger partial charge in [0.05, 0.1) is 15.6 Å². The average Bonchev–Trinajstić information content (AvgIpc) is 2.87. The van der Waals surface area contributed by atoms with Gasteiger partial charge in [0.25, 0.3) is 5.91 Å². The smallest absolute Gasteiger partial charge is 0.265 e. The Morgan fingerprint density at radius 2 is 2.20 bits per heavy atom. The highest BCUT2D eigenvalue weighted by molar-refractivity contribution is 7.98. The molecule has 0 unspecified atom stereocenters. The summed E-state index contributed by atoms with van der Waals surface area (Å²) in [6.07, 6.45) is 1.06. The summed E-state index contributed by atoms with van der Waals surface area (Å²) in [6, 6.07) is 7.11. The van der Waals surface area contributed by atoms with Crippen LogP contribution in [0.3, 0.4) is 0 Å². The van der Waals surface area contributed by atoms with Gasteiger partial charge in [0.1, 0.15) is 0 Å². The Hall–Kier alpha value is -1.17. The Bertz CT molecular complexity index is 646. The first-order valence-corrected chi connectivity index (χ1v) is 8.54. The van der Waals surface area contributed by atoms with Gasteiger partial charge >= 0.3 is 0 Å². The largest absolute Gasteiger partial charge is 0.398 e. The van der Waals surface area contributed by atoms with Crippen molar-refractivity contribution in [1.82, 2.24) is 0 Å². The van der Waals surface area contributed by atoms with E-state index in [2.05, 4.69) is 5.32 Å². The molecule has 1 amide bonds. The van der Waals surface area contributed by atoms with Crippen molar-refractivity contribution in [3.05, 3.63) is 44.6 Å². The van der Waals surface area contributed by atoms with Crippen LogP contribution in [0.4, 0.5) is 11.4 Å². The van der Waals surface area contributed by atoms with Crippen molar-refractivity contribution in [3.8, 4) is 0 Å². The number of thioether (sulfide) groups is 1. The molecule has 2 aromatic rings. The maximum atomic E-state index is 12.2. The molecule has 20 heavy (non-hydrogen) atoms. The van der Waals surface area contributed by atoms with Gasteiger partial charge in [0.15, 0.2) is 0 Å². The van der Waals surface area contributed by atoms with E-state index in [1.54, 1.807) is 29.5 Å². The van der Waals surface area contributed by atoms with E-state index in [1.165, 1.54) is 10.4 Å². The van der Waals surface area contributed by atoms with E-state index in [0.29, 0.717) is 16.4 Å². The number of carbonyl (C=O) groups excluding carboxylic acids is 1. The van der Waals surface area contributed by atoms with E-state index in [-0.39, 0.29) is 5.91 Å². The molecule has 3 rings (SSSR count). The van der Waals surface area contributed by atoms with Gasteiger partial charge in [0.2, 0.25) is 0 Å². The number of fused-ring (bicyclic) bond motifs is 1. The van der Waals surface area contributed by atoms with E-state index >= 15 is 0 Å². The summed E-state index contributed by atoms with van der Waals surface area (Å²) < 4.78 is 0. The van der Waals surface area contributed by atoms with Crippen LogP contribution in [0.2, 0.25) is 5.02 Å². The third kappa shape index (κ3) is 2.80. The highest BCUT2D eigenvalue weighted by Gasteiger charge is 2.17. The van der Waals surface area contributed by atoms with Crippen LogP contribution in [0, 0.1) is 0 Å². The molecule has 2 heterocycles. The minimum Gasteiger partial charge on any atom is -0.398 e. The SMILES string of the molecule is Nc1ccc(NC(=O)c2cc3c(s2)CCSC3)cc1Cl. The van der Waals surface area contributed by atoms with Gasteiger partial charge in [-0.25, -0.2) is 0 Å². The van der Waals surface area contributed by atoms with Crippen LogP contribution in [0.5, 0.6) is 0 Å². The van der Waals surface area contributed by atoms with Crippen molar-refractivity contribution >= 4 is 52.0 Å². The first-order valence-electron chi connectivity index (χ1n) is 6.19.